The summed E-state index contributed by atoms with van der Waals surface area (Å²) in [7, 11) is 0. The van der Waals surface area contributed by atoms with Crippen LogP contribution in [0, 0.1) is 5.92 Å². The number of hydrogen-bond donors (Lipinski definition) is 1. The van der Waals surface area contributed by atoms with Crippen molar-refractivity contribution in [2.24, 2.45) is 5.92 Å². The zero-order valence-corrected chi connectivity index (χ0v) is 17.3. The molecule has 0 aromatic heterocycles. The van der Waals surface area contributed by atoms with Crippen LogP contribution in [-0.4, -0.2) is 36.0 Å². The molecule has 2 aliphatic heterocycles. The lowest BCUT2D eigenvalue weighted by atomic mass is 9.98. The quantitative estimate of drug-likeness (QED) is 0.480. The average Bonchev–Trinajstić information content (AvgIpc) is 2.67. The zero-order chi connectivity index (χ0) is 20.4. The Bertz CT molecular complexity index is 648. The van der Waals surface area contributed by atoms with E-state index in [0.717, 1.165) is 44.3 Å². The normalized spacial score (nSPS) is 26.6. The third-order valence-electron chi connectivity index (χ3n) is 4.94. The summed E-state index contributed by atoms with van der Waals surface area (Å²) in [4.78, 5) is 11.2. The van der Waals surface area contributed by atoms with E-state index in [0.29, 0.717) is 5.92 Å². The number of allylic oxidation sites excluding steroid dienone is 6. The van der Waals surface area contributed by atoms with E-state index in [1.54, 1.807) is 0 Å². The lowest BCUT2D eigenvalue weighted by Crippen LogP contribution is -2.30. The Morgan fingerprint density at radius 2 is 2.18 bits per heavy atom. The van der Waals surface area contributed by atoms with Crippen LogP contribution in [0.2, 0.25) is 0 Å². The summed E-state index contributed by atoms with van der Waals surface area (Å²) in [6, 6.07) is 0. The summed E-state index contributed by atoms with van der Waals surface area (Å²) >= 11 is 0. The fourth-order valence-electron chi connectivity index (χ4n) is 3.54. The second-order valence-corrected chi connectivity index (χ2v) is 7.86. The van der Waals surface area contributed by atoms with Gasteiger partial charge in [0.2, 0.25) is 0 Å². The van der Waals surface area contributed by atoms with E-state index in [2.05, 4.69) is 32.9 Å². The maximum absolute atomic E-state index is 11.2. The van der Waals surface area contributed by atoms with Crippen molar-refractivity contribution in [2.75, 3.05) is 6.61 Å². The molecule has 2 rings (SSSR count). The molecule has 1 saturated heterocycles. The highest BCUT2D eigenvalue weighted by molar-refractivity contribution is 5.82. The summed E-state index contributed by atoms with van der Waals surface area (Å²) in [6.45, 7) is 7.11. The Hall–Kier alpha value is -1.91. The van der Waals surface area contributed by atoms with Gasteiger partial charge in [-0.1, -0.05) is 54.5 Å². The van der Waals surface area contributed by atoms with Gasteiger partial charge in [0.1, 0.15) is 6.10 Å². The van der Waals surface area contributed by atoms with E-state index in [1.807, 2.05) is 30.4 Å². The molecule has 0 radical (unpaired) electrons. The lowest BCUT2D eigenvalue weighted by molar-refractivity contribution is -0.141. The van der Waals surface area contributed by atoms with Crippen LogP contribution in [0.15, 0.2) is 59.8 Å². The molecule has 154 valence electrons. The summed E-state index contributed by atoms with van der Waals surface area (Å²) < 4.78 is 10.8. The Morgan fingerprint density at radius 3 is 2.89 bits per heavy atom. The summed E-state index contributed by atoms with van der Waals surface area (Å²) in [5, 5.41) is 10.2. The molecule has 2 heterocycles. The van der Waals surface area contributed by atoms with Crippen LogP contribution in [-0.2, 0) is 14.3 Å². The monoisotopic (exact) mass is 386 g/mol. The minimum atomic E-state index is -0.530. The molecule has 1 N–H and O–H groups in total. The number of rotatable bonds is 8. The van der Waals surface area contributed by atoms with Crippen molar-refractivity contribution in [1.82, 2.24) is 0 Å². The van der Waals surface area contributed by atoms with Crippen molar-refractivity contribution < 1.29 is 19.4 Å². The number of ether oxygens (including phenoxy) is 2. The molecule has 0 amide bonds. The van der Waals surface area contributed by atoms with Crippen LogP contribution in [0.3, 0.4) is 0 Å². The van der Waals surface area contributed by atoms with E-state index < -0.39 is 6.10 Å². The van der Waals surface area contributed by atoms with Gasteiger partial charge in [0.05, 0.1) is 12.2 Å². The first kappa shape index (κ1) is 22.4. The molecule has 0 saturated carbocycles. The van der Waals surface area contributed by atoms with Gasteiger partial charge < -0.3 is 14.6 Å². The van der Waals surface area contributed by atoms with Gasteiger partial charge in [-0.25, -0.2) is 4.79 Å². The molecule has 0 aromatic rings. The van der Waals surface area contributed by atoms with Crippen LogP contribution >= 0.6 is 0 Å². The van der Waals surface area contributed by atoms with Crippen molar-refractivity contribution >= 4 is 5.97 Å². The highest BCUT2D eigenvalue weighted by Gasteiger charge is 2.19. The van der Waals surface area contributed by atoms with E-state index in [4.69, 9.17) is 9.47 Å². The Balaban J connectivity index is 1.78. The van der Waals surface area contributed by atoms with Gasteiger partial charge in [-0.3, -0.25) is 0 Å². The van der Waals surface area contributed by atoms with Gasteiger partial charge in [-0.15, -0.1) is 0 Å². The first-order valence-corrected chi connectivity index (χ1v) is 10.3. The van der Waals surface area contributed by atoms with Crippen molar-refractivity contribution in [1.29, 1.82) is 0 Å². The molecule has 0 bridgehead atoms. The molecule has 0 spiro atoms. The maximum Gasteiger partial charge on any atom is 0.331 e. The molecular formula is C24H34O4. The molecule has 28 heavy (non-hydrogen) atoms. The van der Waals surface area contributed by atoms with Gasteiger partial charge in [-0.2, -0.15) is 0 Å². The van der Waals surface area contributed by atoms with Gasteiger partial charge in [-0.05, 0) is 51.5 Å². The fraction of sp³-hybridized carbons (Fsp3) is 0.542. The van der Waals surface area contributed by atoms with E-state index in [1.165, 1.54) is 11.6 Å². The van der Waals surface area contributed by atoms with Crippen molar-refractivity contribution in [2.45, 2.75) is 71.2 Å². The summed E-state index contributed by atoms with van der Waals surface area (Å²) in [6.07, 6.45) is 19.4. The number of aliphatic hydroxyl groups is 1. The summed E-state index contributed by atoms with van der Waals surface area (Å²) in [5.41, 5.74) is 2.42. The topological polar surface area (TPSA) is 55.8 Å². The van der Waals surface area contributed by atoms with E-state index >= 15 is 0 Å². The predicted octanol–water partition coefficient (Wildman–Crippen LogP) is 4.82. The second-order valence-electron chi connectivity index (χ2n) is 7.86. The molecule has 1 fully saturated rings. The van der Waals surface area contributed by atoms with Crippen molar-refractivity contribution in [3.05, 3.63) is 59.8 Å². The molecule has 4 atom stereocenters. The highest BCUT2D eigenvalue weighted by Crippen LogP contribution is 2.18. The Labute approximate surface area is 169 Å². The molecule has 0 unspecified atom stereocenters. The van der Waals surface area contributed by atoms with E-state index in [9.17, 15) is 9.90 Å². The number of hydrogen-bond acceptors (Lipinski definition) is 4. The van der Waals surface area contributed by atoms with Gasteiger partial charge >= 0.3 is 5.97 Å². The first-order valence-electron chi connectivity index (χ1n) is 10.3. The first-order chi connectivity index (χ1) is 13.4. The van der Waals surface area contributed by atoms with Crippen LogP contribution in [0.25, 0.3) is 0 Å². The van der Waals surface area contributed by atoms with Crippen molar-refractivity contribution in [3.8, 4) is 0 Å². The van der Waals surface area contributed by atoms with Gasteiger partial charge in [0.15, 0.2) is 0 Å². The number of cyclic esters (lactones) is 1. The predicted molar refractivity (Wildman–Crippen MR) is 113 cm³/mol. The third-order valence-corrected chi connectivity index (χ3v) is 4.94. The number of esters is 1. The Kier molecular flexibility index (Phi) is 9.45. The van der Waals surface area contributed by atoms with Crippen LogP contribution in [0.4, 0.5) is 0 Å². The zero-order valence-electron chi connectivity index (χ0n) is 17.3. The minimum absolute atomic E-state index is 0.0612. The maximum atomic E-state index is 11.2. The minimum Gasteiger partial charge on any atom is -0.455 e. The molecule has 2 aliphatic rings. The average molecular weight is 387 g/mol. The van der Waals surface area contributed by atoms with E-state index in [-0.39, 0.29) is 18.2 Å². The number of aliphatic hydroxyl groups excluding tert-OH is 1. The molecular weight excluding hydrogens is 352 g/mol. The van der Waals surface area contributed by atoms with Gasteiger partial charge in [0, 0.05) is 19.1 Å². The lowest BCUT2D eigenvalue weighted by Gasteiger charge is -2.25. The molecule has 0 aromatic carbocycles. The third kappa shape index (κ3) is 8.41. The largest absolute Gasteiger partial charge is 0.455 e. The van der Waals surface area contributed by atoms with Crippen LogP contribution < -0.4 is 0 Å². The molecule has 4 heteroatoms. The molecule has 0 aliphatic carbocycles. The standard InChI is InChI=1S/C24H34O4/c1-18(8-6-10-22(25)23-11-4-5-15-27-23)16-20(3)17-19(2)13-14-21-9-7-12-24(26)28-21/h6-8,10,12-14,17,20-23,25H,4-5,9,11,15-16H2,1-3H3/b10-6+,14-13+,18-8+,19-17-/t20-,21-,22+,23-/m1/s1. The number of carbonyl (C=O) groups excluding carboxylic acids is 1. The van der Waals surface area contributed by atoms with Crippen molar-refractivity contribution in [3.63, 3.8) is 0 Å². The number of carbonyl (C=O) groups is 1. The Morgan fingerprint density at radius 1 is 1.36 bits per heavy atom. The van der Waals surface area contributed by atoms with Crippen LogP contribution in [0.5, 0.6) is 0 Å². The second kappa shape index (κ2) is 11.8. The smallest absolute Gasteiger partial charge is 0.331 e. The highest BCUT2D eigenvalue weighted by atomic mass is 16.5. The fourth-order valence-corrected chi connectivity index (χ4v) is 3.54. The molecule has 4 nitrogen and oxygen atoms in total. The summed E-state index contributed by atoms with van der Waals surface area (Å²) in [5.74, 6) is 0.125. The van der Waals surface area contributed by atoms with Crippen LogP contribution in [0.1, 0.15) is 52.9 Å². The SMILES string of the molecule is CC(=C/[C@H](C)C/C(C)=C/C=C/[C@H](O)[C@H]1CCCCO1)/C=C/[C@H]1CC=CC(=O)O1. The van der Waals surface area contributed by atoms with Gasteiger partial charge in [0.25, 0.3) is 0 Å².